The van der Waals surface area contributed by atoms with Gasteiger partial charge in [-0.3, -0.25) is 4.39 Å². The van der Waals surface area contributed by atoms with E-state index in [-0.39, 0.29) is 6.67 Å². The maximum atomic E-state index is 11.9. The molecular weight excluding hydrogens is 251 g/mol. The zero-order valence-electron chi connectivity index (χ0n) is 10.4. The molecule has 0 aromatic heterocycles. The summed E-state index contributed by atoms with van der Waals surface area (Å²) >= 11 is 5.54. The van der Waals surface area contributed by atoms with E-state index < -0.39 is 0 Å². The molecule has 1 nitrogen and oxygen atoms in total. The van der Waals surface area contributed by atoms with E-state index >= 15 is 0 Å². The first-order valence-corrected chi connectivity index (χ1v) is 6.74. The highest BCUT2D eigenvalue weighted by molar-refractivity contribution is 6.18. The van der Waals surface area contributed by atoms with Crippen molar-refractivity contribution >= 4 is 11.6 Å². The van der Waals surface area contributed by atoms with Gasteiger partial charge in [0.05, 0.1) is 13.3 Å². The SMILES string of the molecule is FCCCCCOc1ccc(C#CCCCl)cc1. The number of hydrogen-bond acceptors (Lipinski definition) is 1. The first-order chi connectivity index (χ1) is 8.86. The molecule has 0 spiro atoms. The largest absolute Gasteiger partial charge is 0.494 e. The lowest BCUT2D eigenvalue weighted by Gasteiger charge is -2.05. The van der Waals surface area contributed by atoms with Gasteiger partial charge in [0.2, 0.25) is 0 Å². The van der Waals surface area contributed by atoms with Crippen LogP contribution >= 0.6 is 11.6 Å². The van der Waals surface area contributed by atoms with Gasteiger partial charge in [0, 0.05) is 17.9 Å². The fourth-order valence-corrected chi connectivity index (χ4v) is 1.50. The van der Waals surface area contributed by atoms with Crippen LogP contribution in [0.3, 0.4) is 0 Å². The fraction of sp³-hybridized carbons (Fsp3) is 0.467. The molecule has 0 heterocycles. The van der Waals surface area contributed by atoms with Crippen LogP contribution in [0.4, 0.5) is 4.39 Å². The summed E-state index contributed by atoms with van der Waals surface area (Å²) in [7, 11) is 0. The molecule has 0 aliphatic heterocycles. The lowest BCUT2D eigenvalue weighted by atomic mass is 10.2. The Kier molecular flexibility index (Phi) is 8.08. The Bertz CT molecular complexity index is 378. The molecule has 0 aliphatic carbocycles. The molecule has 3 heteroatoms. The van der Waals surface area contributed by atoms with Gasteiger partial charge in [0.25, 0.3) is 0 Å². The van der Waals surface area contributed by atoms with Crippen LogP contribution in [0.2, 0.25) is 0 Å². The van der Waals surface area contributed by atoms with Crippen LogP contribution in [-0.4, -0.2) is 19.2 Å². The first-order valence-electron chi connectivity index (χ1n) is 6.20. The number of rotatable bonds is 7. The molecule has 0 radical (unpaired) electrons. The van der Waals surface area contributed by atoms with Crippen molar-refractivity contribution in [3.8, 4) is 17.6 Å². The lowest BCUT2D eigenvalue weighted by Crippen LogP contribution is -1.97. The van der Waals surface area contributed by atoms with E-state index in [0.717, 1.165) is 24.2 Å². The van der Waals surface area contributed by atoms with Crippen LogP contribution in [0.1, 0.15) is 31.2 Å². The predicted molar refractivity (Wildman–Crippen MR) is 74.0 cm³/mol. The van der Waals surface area contributed by atoms with E-state index in [9.17, 15) is 4.39 Å². The highest BCUT2D eigenvalue weighted by Gasteiger charge is 1.94. The third kappa shape index (κ3) is 6.51. The Hall–Kier alpha value is -1.20. The monoisotopic (exact) mass is 268 g/mol. The van der Waals surface area contributed by atoms with Crippen molar-refractivity contribution in [3.05, 3.63) is 29.8 Å². The summed E-state index contributed by atoms with van der Waals surface area (Å²) in [5, 5.41) is 0. The van der Waals surface area contributed by atoms with Crippen molar-refractivity contribution in [3.63, 3.8) is 0 Å². The number of hydrogen-bond donors (Lipinski definition) is 0. The highest BCUT2D eigenvalue weighted by atomic mass is 35.5. The Balaban J connectivity index is 2.30. The second-order valence-electron chi connectivity index (χ2n) is 3.86. The van der Waals surface area contributed by atoms with Gasteiger partial charge >= 0.3 is 0 Å². The normalized spacial score (nSPS) is 9.67. The molecule has 0 N–H and O–H groups in total. The van der Waals surface area contributed by atoms with E-state index in [4.69, 9.17) is 16.3 Å². The standard InChI is InChI=1S/C15H18ClFO/c16-11-3-2-6-14-7-9-15(10-8-14)18-13-5-1-4-12-17/h7-10H,1,3-5,11-13H2. The summed E-state index contributed by atoms with van der Waals surface area (Å²) < 4.78 is 17.4. The summed E-state index contributed by atoms with van der Waals surface area (Å²) in [5.74, 6) is 7.40. The zero-order chi connectivity index (χ0) is 13.1. The summed E-state index contributed by atoms with van der Waals surface area (Å²) in [6, 6.07) is 7.66. The molecule has 0 atom stereocenters. The lowest BCUT2D eigenvalue weighted by molar-refractivity contribution is 0.301. The fourth-order valence-electron chi connectivity index (χ4n) is 1.41. The van der Waals surface area contributed by atoms with Gasteiger partial charge in [0.1, 0.15) is 5.75 Å². The predicted octanol–water partition coefficient (Wildman–Crippen LogP) is 4.19. The molecule has 1 aromatic rings. The van der Waals surface area contributed by atoms with Gasteiger partial charge in [-0.2, -0.15) is 0 Å². The number of halogens is 2. The van der Waals surface area contributed by atoms with E-state index in [1.807, 2.05) is 24.3 Å². The van der Waals surface area contributed by atoms with Crippen molar-refractivity contribution in [1.29, 1.82) is 0 Å². The second kappa shape index (κ2) is 9.79. The number of ether oxygens (including phenoxy) is 1. The van der Waals surface area contributed by atoms with Crippen LogP contribution in [0.15, 0.2) is 24.3 Å². The maximum Gasteiger partial charge on any atom is 0.119 e. The van der Waals surface area contributed by atoms with Gasteiger partial charge in [-0.1, -0.05) is 11.8 Å². The van der Waals surface area contributed by atoms with E-state index in [1.165, 1.54) is 0 Å². The Morgan fingerprint density at radius 2 is 1.89 bits per heavy atom. The van der Waals surface area contributed by atoms with Gasteiger partial charge in [-0.15, -0.1) is 11.6 Å². The van der Waals surface area contributed by atoms with E-state index in [0.29, 0.717) is 25.3 Å². The van der Waals surface area contributed by atoms with Gasteiger partial charge in [-0.25, -0.2) is 0 Å². The molecular formula is C15H18ClFO. The maximum absolute atomic E-state index is 11.9. The molecule has 0 fully saturated rings. The third-order valence-corrected chi connectivity index (χ3v) is 2.54. The van der Waals surface area contributed by atoms with Crippen molar-refractivity contribution in [1.82, 2.24) is 0 Å². The average Bonchev–Trinajstić information content (AvgIpc) is 2.40. The first kappa shape index (κ1) is 14.9. The van der Waals surface area contributed by atoms with Crippen LogP contribution in [0.5, 0.6) is 5.75 Å². The smallest absolute Gasteiger partial charge is 0.119 e. The molecule has 0 saturated carbocycles. The second-order valence-corrected chi connectivity index (χ2v) is 4.24. The minimum Gasteiger partial charge on any atom is -0.494 e. The van der Waals surface area contributed by atoms with Crippen molar-refractivity contribution in [2.24, 2.45) is 0 Å². The molecule has 18 heavy (non-hydrogen) atoms. The van der Waals surface area contributed by atoms with Crippen molar-refractivity contribution < 1.29 is 9.13 Å². The molecule has 1 rings (SSSR count). The minimum atomic E-state index is -0.240. The summed E-state index contributed by atoms with van der Waals surface area (Å²) in [4.78, 5) is 0. The quantitative estimate of drug-likeness (QED) is 0.409. The number of benzene rings is 1. The topological polar surface area (TPSA) is 9.23 Å². The Morgan fingerprint density at radius 3 is 2.56 bits per heavy atom. The van der Waals surface area contributed by atoms with Crippen LogP contribution in [0.25, 0.3) is 0 Å². The summed E-state index contributed by atoms with van der Waals surface area (Å²) in [5.41, 5.74) is 0.963. The highest BCUT2D eigenvalue weighted by Crippen LogP contribution is 2.12. The number of alkyl halides is 2. The third-order valence-electron chi connectivity index (χ3n) is 2.35. The van der Waals surface area contributed by atoms with Crippen LogP contribution in [-0.2, 0) is 0 Å². The summed E-state index contributed by atoms with van der Waals surface area (Å²) in [6.07, 6.45) is 3.09. The molecule has 0 amide bonds. The van der Waals surface area contributed by atoms with Gasteiger partial charge < -0.3 is 4.74 Å². The van der Waals surface area contributed by atoms with E-state index in [2.05, 4.69) is 11.8 Å². The molecule has 0 saturated heterocycles. The summed E-state index contributed by atoms with van der Waals surface area (Å²) in [6.45, 7) is 0.396. The molecule has 0 aliphatic rings. The Morgan fingerprint density at radius 1 is 1.11 bits per heavy atom. The average molecular weight is 269 g/mol. The minimum absolute atomic E-state index is 0.240. The molecule has 98 valence electrons. The number of unbranched alkanes of at least 4 members (excludes halogenated alkanes) is 2. The van der Waals surface area contributed by atoms with Gasteiger partial charge in [0.15, 0.2) is 0 Å². The van der Waals surface area contributed by atoms with E-state index in [1.54, 1.807) is 0 Å². The Labute approximate surface area is 113 Å². The van der Waals surface area contributed by atoms with Crippen molar-refractivity contribution in [2.75, 3.05) is 19.2 Å². The zero-order valence-corrected chi connectivity index (χ0v) is 11.2. The van der Waals surface area contributed by atoms with Crippen LogP contribution in [0, 0.1) is 11.8 Å². The molecule has 1 aromatic carbocycles. The molecule has 0 bridgehead atoms. The van der Waals surface area contributed by atoms with Crippen molar-refractivity contribution in [2.45, 2.75) is 25.7 Å². The van der Waals surface area contributed by atoms with Gasteiger partial charge in [-0.05, 0) is 43.5 Å². The van der Waals surface area contributed by atoms with Crippen LogP contribution < -0.4 is 4.74 Å². The molecule has 0 unspecified atom stereocenters.